The molecular formula is C23H20N4O4. The van der Waals surface area contributed by atoms with Gasteiger partial charge in [0.15, 0.2) is 5.52 Å². The number of hydrogen-bond acceptors (Lipinski definition) is 5. The number of fused-ring (bicyclic) bond motifs is 1. The summed E-state index contributed by atoms with van der Waals surface area (Å²) in [5, 5.41) is 2.75. The molecule has 8 heteroatoms. The van der Waals surface area contributed by atoms with Crippen LogP contribution in [-0.2, 0) is 17.9 Å². The van der Waals surface area contributed by atoms with E-state index in [0.717, 1.165) is 10.1 Å². The van der Waals surface area contributed by atoms with Crippen molar-refractivity contribution >= 4 is 22.6 Å². The minimum atomic E-state index is -0.579. The van der Waals surface area contributed by atoms with Crippen molar-refractivity contribution in [3.05, 3.63) is 99.3 Å². The molecule has 0 bridgehead atoms. The Kier molecular flexibility index (Phi) is 5.61. The van der Waals surface area contributed by atoms with Crippen molar-refractivity contribution < 1.29 is 9.53 Å². The van der Waals surface area contributed by atoms with Crippen LogP contribution in [0.15, 0.2) is 82.5 Å². The number of methoxy groups -OCH3 is 1. The molecule has 0 aliphatic rings. The summed E-state index contributed by atoms with van der Waals surface area (Å²) >= 11 is 0. The van der Waals surface area contributed by atoms with Crippen LogP contribution in [-0.4, -0.2) is 27.1 Å². The summed E-state index contributed by atoms with van der Waals surface area (Å²) in [5.41, 5.74) is 0.639. The van der Waals surface area contributed by atoms with Crippen molar-refractivity contribution in [1.29, 1.82) is 0 Å². The predicted molar refractivity (Wildman–Crippen MR) is 117 cm³/mol. The first-order chi connectivity index (χ1) is 15.1. The number of carbonyl (C=O) groups excluding carboxylic acids is 1. The standard InChI is InChI=1S/C23H20N4O4/c1-31-19-12-6-5-10-17(19)25-20(28)15-26-18-11-7-13-24-21(18)22(29)27(23(26)30)14-16-8-3-2-4-9-16/h2-13H,14-15H2,1H3,(H,25,28). The summed E-state index contributed by atoms with van der Waals surface area (Å²) in [6.45, 7) is -0.201. The zero-order valence-corrected chi connectivity index (χ0v) is 16.8. The molecule has 0 aliphatic heterocycles. The fourth-order valence-corrected chi connectivity index (χ4v) is 3.38. The first-order valence-electron chi connectivity index (χ1n) is 9.63. The monoisotopic (exact) mass is 416 g/mol. The minimum Gasteiger partial charge on any atom is -0.495 e. The van der Waals surface area contributed by atoms with Crippen LogP contribution < -0.4 is 21.3 Å². The van der Waals surface area contributed by atoms with Gasteiger partial charge >= 0.3 is 5.69 Å². The summed E-state index contributed by atoms with van der Waals surface area (Å²) < 4.78 is 7.61. The van der Waals surface area contributed by atoms with Crippen LogP contribution in [0, 0.1) is 0 Å². The van der Waals surface area contributed by atoms with E-state index >= 15 is 0 Å². The number of benzene rings is 2. The largest absolute Gasteiger partial charge is 0.495 e. The Balaban J connectivity index is 1.75. The number of ether oxygens (including phenoxy) is 1. The van der Waals surface area contributed by atoms with Crippen molar-refractivity contribution in [3.63, 3.8) is 0 Å². The number of amides is 1. The molecule has 4 rings (SSSR count). The van der Waals surface area contributed by atoms with Gasteiger partial charge in [-0.25, -0.2) is 9.78 Å². The van der Waals surface area contributed by atoms with E-state index in [2.05, 4.69) is 10.3 Å². The highest BCUT2D eigenvalue weighted by atomic mass is 16.5. The van der Waals surface area contributed by atoms with Gasteiger partial charge in [0, 0.05) is 6.20 Å². The Morgan fingerprint density at radius 2 is 1.71 bits per heavy atom. The molecule has 2 aromatic heterocycles. The highest BCUT2D eigenvalue weighted by Crippen LogP contribution is 2.23. The molecule has 156 valence electrons. The Morgan fingerprint density at radius 3 is 2.48 bits per heavy atom. The molecule has 0 aliphatic carbocycles. The van der Waals surface area contributed by atoms with Crippen molar-refractivity contribution in [3.8, 4) is 5.75 Å². The third kappa shape index (κ3) is 4.09. The first kappa shape index (κ1) is 20.1. The molecular weight excluding hydrogens is 396 g/mol. The van der Waals surface area contributed by atoms with Crippen LogP contribution in [0.4, 0.5) is 5.69 Å². The maximum absolute atomic E-state index is 13.2. The number of carbonyl (C=O) groups is 1. The number of nitrogens with one attached hydrogen (secondary N) is 1. The van der Waals surface area contributed by atoms with Crippen molar-refractivity contribution in [2.75, 3.05) is 12.4 Å². The molecule has 0 radical (unpaired) electrons. The molecule has 1 amide bonds. The number of hydrogen-bond donors (Lipinski definition) is 1. The van der Waals surface area contributed by atoms with Gasteiger partial charge in [0.2, 0.25) is 5.91 Å². The van der Waals surface area contributed by atoms with Gasteiger partial charge in [-0.05, 0) is 29.8 Å². The van der Waals surface area contributed by atoms with Gasteiger partial charge in [-0.15, -0.1) is 0 Å². The lowest BCUT2D eigenvalue weighted by atomic mass is 10.2. The average Bonchev–Trinajstić information content (AvgIpc) is 2.80. The minimum absolute atomic E-state index is 0.0825. The van der Waals surface area contributed by atoms with E-state index in [1.165, 1.54) is 17.9 Å². The zero-order chi connectivity index (χ0) is 21.8. The van der Waals surface area contributed by atoms with Gasteiger partial charge in [0.25, 0.3) is 5.56 Å². The number of aromatic nitrogens is 3. The summed E-state index contributed by atoms with van der Waals surface area (Å²) in [6.07, 6.45) is 1.49. The van der Waals surface area contributed by atoms with Crippen LogP contribution >= 0.6 is 0 Å². The second-order valence-electron chi connectivity index (χ2n) is 6.87. The molecule has 0 unspecified atom stereocenters. The molecule has 2 heterocycles. The van der Waals surface area contributed by atoms with E-state index in [4.69, 9.17) is 4.74 Å². The number of pyridine rings is 1. The topological polar surface area (TPSA) is 95.2 Å². The molecule has 0 saturated heterocycles. The zero-order valence-electron chi connectivity index (χ0n) is 16.8. The van der Waals surface area contributed by atoms with E-state index in [1.807, 2.05) is 30.3 Å². The van der Waals surface area contributed by atoms with E-state index < -0.39 is 17.2 Å². The van der Waals surface area contributed by atoms with Crippen LogP contribution in [0.1, 0.15) is 5.56 Å². The van der Waals surface area contributed by atoms with Gasteiger partial charge < -0.3 is 10.1 Å². The normalized spacial score (nSPS) is 10.7. The highest BCUT2D eigenvalue weighted by Gasteiger charge is 2.17. The fourth-order valence-electron chi connectivity index (χ4n) is 3.38. The van der Waals surface area contributed by atoms with Gasteiger partial charge in [-0.3, -0.25) is 18.7 Å². The lowest BCUT2D eigenvalue weighted by Gasteiger charge is -2.14. The smallest absolute Gasteiger partial charge is 0.332 e. The fraction of sp³-hybridized carbons (Fsp3) is 0.130. The number of nitrogens with zero attached hydrogens (tertiary/aromatic N) is 3. The van der Waals surface area contributed by atoms with Crippen LogP contribution in [0.5, 0.6) is 5.75 Å². The van der Waals surface area contributed by atoms with Crippen molar-refractivity contribution in [1.82, 2.24) is 14.1 Å². The van der Waals surface area contributed by atoms with Crippen molar-refractivity contribution in [2.45, 2.75) is 13.1 Å². The van der Waals surface area contributed by atoms with E-state index in [1.54, 1.807) is 36.4 Å². The van der Waals surface area contributed by atoms with Crippen LogP contribution in [0.25, 0.3) is 11.0 Å². The number of para-hydroxylation sites is 2. The summed E-state index contributed by atoms with van der Waals surface area (Å²) in [5.74, 6) is 0.0745. The Hall–Kier alpha value is -4.20. The van der Waals surface area contributed by atoms with Gasteiger partial charge in [-0.1, -0.05) is 42.5 Å². The first-order valence-corrected chi connectivity index (χ1v) is 9.63. The molecule has 0 fully saturated rings. The lowest BCUT2D eigenvalue weighted by Crippen LogP contribution is -2.42. The molecule has 0 spiro atoms. The van der Waals surface area contributed by atoms with E-state index in [0.29, 0.717) is 17.0 Å². The molecule has 4 aromatic rings. The van der Waals surface area contributed by atoms with E-state index in [-0.39, 0.29) is 18.6 Å². The summed E-state index contributed by atoms with van der Waals surface area (Å²) in [7, 11) is 1.51. The van der Waals surface area contributed by atoms with Gasteiger partial charge in [0.05, 0.1) is 24.9 Å². The third-order valence-electron chi connectivity index (χ3n) is 4.85. The summed E-state index contributed by atoms with van der Waals surface area (Å²) in [4.78, 5) is 43.1. The molecule has 31 heavy (non-hydrogen) atoms. The number of anilines is 1. The lowest BCUT2D eigenvalue weighted by molar-refractivity contribution is -0.116. The summed E-state index contributed by atoms with van der Waals surface area (Å²) in [6, 6.07) is 19.4. The Bertz CT molecular complexity index is 1360. The van der Waals surface area contributed by atoms with Crippen LogP contribution in [0.2, 0.25) is 0 Å². The third-order valence-corrected chi connectivity index (χ3v) is 4.85. The van der Waals surface area contributed by atoms with Crippen LogP contribution in [0.3, 0.4) is 0 Å². The number of rotatable bonds is 6. The highest BCUT2D eigenvalue weighted by molar-refractivity contribution is 5.92. The van der Waals surface area contributed by atoms with Crippen molar-refractivity contribution in [2.24, 2.45) is 0 Å². The second kappa shape index (κ2) is 8.66. The molecule has 2 aromatic carbocycles. The van der Waals surface area contributed by atoms with Gasteiger partial charge in [0.1, 0.15) is 12.3 Å². The Labute approximate surface area is 177 Å². The van der Waals surface area contributed by atoms with E-state index in [9.17, 15) is 14.4 Å². The molecule has 1 N–H and O–H groups in total. The SMILES string of the molecule is COc1ccccc1NC(=O)Cn1c(=O)n(Cc2ccccc2)c(=O)c2ncccc21. The average molecular weight is 416 g/mol. The van der Waals surface area contributed by atoms with Gasteiger partial charge in [-0.2, -0.15) is 0 Å². The Morgan fingerprint density at radius 1 is 0.968 bits per heavy atom. The molecule has 8 nitrogen and oxygen atoms in total. The maximum atomic E-state index is 13.2. The molecule has 0 atom stereocenters. The maximum Gasteiger partial charge on any atom is 0.332 e. The molecule has 0 saturated carbocycles. The predicted octanol–water partition coefficient (Wildman–Crippen LogP) is 2.25. The quantitative estimate of drug-likeness (QED) is 0.520. The second-order valence-corrected chi connectivity index (χ2v) is 6.87.